The number of nitrogens with one attached hydrogen (secondary N) is 1. The van der Waals surface area contributed by atoms with E-state index in [1.54, 1.807) is 0 Å². The fourth-order valence-electron chi connectivity index (χ4n) is 2.16. The average Bonchev–Trinajstić information content (AvgIpc) is 2.89. The van der Waals surface area contributed by atoms with Crippen LogP contribution >= 0.6 is 11.3 Å². The van der Waals surface area contributed by atoms with Crippen molar-refractivity contribution in [2.24, 2.45) is 0 Å². The molecule has 0 aromatic carbocycles. The van der Waals surface area contributed by atoms with Gasteiger partial charge in [0.25, 0.3) is 0 Å². The molecule has 1 saturated heterocycles. The molecule has 1 aromatic rings. The van der Waals surface area contributed by atoms with Crippen molar-refractivity contribution in [3.8, 4) is 0 Å². The van der Waals surface area contributed by atoms with Crippen LogP contribution in [0.3, 0.4) is 0 Å². The molecule has 1 fully saturated rings. The lowest BCUT2D eigenvalue weighted by molar-refractivity contribution is -0.127. The Kier molecular flexibility index (Phi) is 4.72. The second-order valence-corrected chi connectivity index (χ2v) is 5.52. The van der Waals surface area contributed by atoms with Crippen molar-refractivity contribution in [3.63, 3.8) is 0 Å². The van der Waals surface area contributed by atoms with Crippen LogP contribution in [0.5, 0.6) is 0 Å². The van der Waals surface area contributed by atoms with Crippen molar-refractivity contribution < 1.29 is 14.3 Å². The van der Waals surface area contributed by atoms with E-state index in [2.05, 4.69) is 15.5 Å². The predicted octanol–water partition coefficient (Wildman–Crippen LogP) is 0.357. The number of carbonyl (C=O) groups is 2. The number of ether oxygens (including phenoxy) is 1. The van der Waals surface area contributed by atoms with Gasteiger partial charge in [0.1, 0.15) is 11.0 Å². The predicted molar refractivity (Wildman–Crippen MR) is 72.9 cm³/mol. The van der Waals surface area contributed by atoms with Gasteiger partial charge in [0, 0.05) is 6.54 Å². The van der Waals surface area contributed by atoms with Crippen LogP contribution in [-0.4, -0.2) is 46.8 Å². The highest BCUT2D eigenvalue weighted by Crippen LogP contribution is 2.18. The highest BCUT2D eigenvalue weighted by molar-refractivity contribution is 7.15. The molecule has 0 saturated carbocycles. The molecule has 2 heterocycles. The normalized spacial score (nSPS) is 18.6. The lowest BCUT2D eigenvalue weighted by Gasteiger charge is -2.33. The first-order chi connectivity index (χ1) is 9.61. The molecule has 2 rings (SSSR count). The van der Waals surface area contributed by atoms with Crippen molar-refractivity contribution in [3.05, 3.63) is 5.01 Å². The molecule has 0 unspecified atom stereocenters. The van der Waals surface area contributed by atoms with Crippen molar-refractivity contribution >= 4 is 28.5 Å². The Morgan fingerprint density at radius 1 is 1.50 bits per heavy atom. The number of rotatable bonds is 3. The zero-order valence-electron chi connectivity index (χ0n) is 11.2. The Balaban J connectivity index is 1.93. The molecule has 0 radical (unpaired) electrons. The van der Waals surface area contributed by atoms with E-state index >= 15 is 0 Å². The molecule has 1 aliphatic rings. The maximum absolute atomic E-state index is 12.2. The number of anilines is 1. The largest absolute Gasteiger partial charge is 0.453 e. The first-order valence-corrected chi connectivity index (χ1v) is 7.13. The number of nitrogens with zero attached hydrogens (tertiary/aromatic N) is 3. The van der Waals surface area contributed by atoms with Gasteiger partial charge in [0.05, 0.1) is 13.7 Å². The molecule has 1 atom stereocenters. The van der Waals surface area contributed by atoms with Gasteiger partial charge in [-0.15, -0.1) is 10.2 Å². The van der Waals surface area contributed by atoms with Gasteiger partial charge in [-0.05, 0) is 19.3 Å². The topological polar surface area (TPSA) is 110 Å². The monoisotopic (exact) mass is 299 g/mol. The van der Waals surface area contributed by atoms with Gasteiger partial charge >= 0.3 is 6.09 Å². The summed E-state index contributed by atoms with van der Waals surface area (Å²) in [6.07, 6.45) is 1.97. The number of hydrogen-bond donors (Lipinski definition) is 2. The smallest absolute Gasteiger partial charge is 0.410 e. The van der Waals surface area contributed by atoms with E-state index in [4.69, 9.17) is 10.5 Å². The fourth-order valence-corrected chi connectivity index (χ4v) is 2.71. The minimum atomic E-state index is -0.485. The molecule has 1 aromatic heterocycles. The molecule has 3 N–H and O–H groups in total. The van der Waals surface area contributed by atoms with Crippen LogP contribution in [0.4, 0.5) is 9.93 Å². The molecule has 20 heavy (non-hydrogen) atoms. The van der Waals surface area contributed by atoms with E-state index < -0.39 is 12.1 Å². The number of piperidine rings is 1. The molecule has 2 amide bonds. The van der Waals surface area contributed by atoms with Crippen molar-refractivity contribution in [2.75, 3.05) is 19.4 Å². The molecule has 0 aliphatic carbocycles. The third-order valence-corrected chi connectivity index (χ3v) is 3.86. The maximum Gasteiger partial charge on any atom is 0.410 e. The lowest BCUT2D eigenvalue weighted by atomic mass is 10.0. The second kappa shape index (κ2) is 6.51. The standard InChI is InChI=1S/C11H17N5O3S/c1-19-11(18)16-5-3-2-4-7(16)9(17)13-6-8-14-15-10(12)20-8/h7H,2-6H2,1H3,(H2,12,15)(H,13,17)/t7-/m0/s1. The summed E-state index contributed by atoms with van der Waals surface area (Å²) in [5.74, 6) is -0.205. The number of nitrogen functional groups attached to an aromatic ring is 1. The van der Waals surface area contributed by atoms with Crippen LogP contribution in [-0.2, 0) is 16.1 Å². The summed E-state index contributed by atoms with van der Waals surface area (Å²) < 4.78 is 4.71. The number of nitrogens with two attached hydrogens (primary N) is 1. The number of methoxy groups -OCH3 is 1. The number of hydrogen-bond acceptors (Lipinski definition) is 7. The van der Waals surface area contributed by atoms with Gasteiger partial charge in [0.15, 0.2) is 0 Å². The Labute approximate surface area is 120 Å². The third kappa shape index (κ3) is 3.35. The first kappa shape index (κ1) is 14.5. The lowest BCUT2D eigenvalue weighted by Crippen LogP contribution is -2.51. The van der Waals surface area contributed by atoms with E-state index in [1.807, 2.05) is 0 Å². The molecular formula is C11H17N5O3S. The van der Waals surface area contributed by atoms with Crippen LogP contribution in [0.2, 0.25) is 0 Å². The Morgan fingerprint density at radius 2 is 2.30 bits per heavy atom. The van der Waals surface area contributed by atoms with E-state index in [0.717, 1.165) is 12.8 Å². The van der Waals surface area contributed by atoms with Crippen LogP contribution in [0.1, 0.15) is 24.3 Å². The van der Waals surface area contributed by atoms with Gasteiger partial charge in [-0.2, -0.15) is 0 Å². The summed E-state index contributed by atoms with van der Waals surface area (Å²) in [5.41, 5.74) is 5.47. The van der Waals surface area contributed by atoms with Crippen LogP contribution in [0.15, 0.2) is 0 Å². The number of aromatic nitrogens is 2. The van der Waals surface area contributed by atoms with E-state index in [1.165, 1.54) is 23.3 Å². The van der Waals surface area contributed by atoms with E-state index in [-0.39, 0.29) is 12.5 Å². The number of amides is 2. The SMILES string of the molecule is COC(=O)N1CCCC[C@H]1C(=O)NCc1nnc(N)s1. The molecule has 9 heteroatoms. The highest BCUT2D eigenvalue weighted by Gasteiger charge is 2.32. The van der Waals surface area contributed by atoms with Crippen LogP contribution in [0.25, 0.3) is 0 Å². The van der Waals surface area contributed by atoms with E-state index in [0.29, 0.717) is 23.1 Å². The Morgan fingerprint density at radius 3 is 2.95 bits per heavy atom. The molecular weight excluding hydrogens is 282 g/mol. The average molecular weight is 299 g/mol. The quantitative estimate of drug-likeness (QED) is 0.833. The summed E-state index contributed by atoms with van der Waals surface area (Å²) in [5, 5.41) is 11.3. The number of carbonyl (C=O) groups excluding carboxylic acids is 2. The summed E-state index contributed by atoms with van der Waals surface area (Å²) in [6.45, 7) is 0.801. The zero-order chi connectivity index (χ0) is 14.5. The molecule has 0 spiro atoms. The van der Waals surface area contributed by atoms with Gasteiger partial charge in [0.2, 0.25) is 11.0 Å². The first-order valence-electron chi connectivity index (χ1n) is 6.32. The number of likely N-dealkylation sites (tertiary alicyclic amines) is 1. The second-order valence-electron chi connectivity index (χ2n) is 4.43. The summed E-state index contributed by atoms with van der Waals surface area (Å²) >= 11 is 1.22. The Hall–Kier alpha value is -1.90. The van der Waals surface area contributed by atoms with Gasteiger partial charge in [-0.25, -0.2) is 4.79 Å². The fraction of sp³-hybridized carbons (Fsp3) is 0.636. The zero-order valence-corrected chi connectivity index (χ0v) is 12.0. The van der Waals surface area contributed by atoms with Gasteiger partial charge < -0.3 is 15.8 Å². The maximum atomic E-state index is 12.2. The highest BCUT2D eigenvalue weighted by atomic mass is 32.1. The van der Waals surface area contributed by atoms with Crippen LogP contribution < -0.4 is 11.1 Å². The molecule has 8 nitrogen and oxygen atoms in total. The summed E-state index contributed by atoms with van der Waals surface area (Å²) in [7, 11) is 1.32. The van der Waals surface area contributed by atoms with Crippen molar-refractivity contribution in [2.45, 2.75) is 31.8 Å². The minimum absolute atomic E-state index is 0.205. The van der Waals surface area contributed by atoms with E-state index in [9.17, 15) is 9.59 Å². The van der Waals surface area contributed by atoms with Gasteiger partial charge in [-0.3, -0.25) is 9.69 Å². The summed E-state index contributed by atoms with van der Waals surface area (Å²) in [4.78, 5) is 25.3. The van der Waals surface area contributed by atoms with Crippen molar-refractivity contribution in [1.82, 2.24) is 20.4 Å². The molecule has 1 aliphatic heterocycles. The molecule has 110 valence electrons. The Bertz CT molecular complexity index is 492. The molecule has 0 bridgehead atoms. The van der Waals surface area contributed by atoms with Gasteiger partial charge in [-0.1, -0.05) is 11.3 Å². The summed E-state index contributed by atoms with van der Waals surface area (Å²) in [6, 6.07) is -0.485. The van der Waals surface area contributed by atoms with Crippen LogP contribution in [0, 0.1) is 0 Å². The van der Waals surface area contributed by atoms with Crippen molar-refractivity contribution in [1.29, 1.82) is 0 Å². The third-order valence-electron chi connectivity index (χ3n) is 3.11. The minimum Gasteiger partial charge on any atom is -0.453 e.